The molecule has 3 heterocycles. The SMILES string of the molecule is O=C(O[C@@H]1[C@@H](n2cc(-c3cc(F)c(F)c(F)c3)nn2)[C@@H](O)[C@@H](CO)O[C@@]12CCCO2)c1ccccc1. The van der Waals surface area contributed by atoms with Crippen molar-refractivity contribution in [2.45, 2.75) is 43.0 Å². The van der Waals surface area contributed by atoms with Crippen LogP contribution in [-0.2, 0) is 14.2 Å². The lowest BCUT2D eigenvalue weighted by Gasteiger charge is -2.48. The summed E-state index contributed by atoms with van der Waals surface area (Å²) in [6, 6.07) is 8.54. The van der Waals surface area contributed by atoms with Gasteiger partial charge >= 0.3 is 5.97 Å². The highest BCUT2D eigenvalue weighted by Crippen LogP contribution is 2.45. The molecule has 36 heavy (non-hydrogen) atoms. The number of ether oxygens (including phenoxy) is 3. The van der Waals surface area contributed by atoms with Crippen LogP contribution >= 0.6 is 0 Å². The van der Waals surface area contributed by atoms with Crippen LogP contribution < -0.4 is 0 Å². The van der Waals surface area contributed by atoms with Crippen LogP contribution in [0.25, 0.3) is 11.3 Å². The Labute approximate surface area is 203 Å². The lowest BCUT2D eigenvalue weighted by Crippen LogP contribution is -2.63. The lowest BCUT2D eigenvalue weighted by molar-refractivity contribution is -0.337. The van der Waals surface area contributed by atoms with Crippen LogP contribution in [0.1, 0.15) is 29.2 Å². The average Bonchev–Trinajstić information content (AvgIpc) is 3.56. The molecule has 0 aliphatic carbocycles. The van der Waals surface area contributed by atoms with E-state index < -0.39 is 60.2 Å². The quantitative estimate of drug-likeness (QED) is 0.401. The minimum atomic E-state index is -1.62. The number of aliphatic hydroxyl groups is 2. The van der Waals surface area contributed by atoms with Crippen LogP contribution in [-0.4, -0.2) is 68.5 Å². The highest BCUT2D eigenvalue weighted by Gasteiger charge is 2.59. The summed E-state index contributed by atoms with van der Waals surface area (Å²) in [5.41, 5.74) is 0.129. The first-order valence-corrected chi connectivity index (χ1v) is 11.3. The summed E-state index contributed by atoms with van der Waals surface area (Å²) >= 11 is 0. The van der Waals surface area contributed by atoms with E-state index in [-0.39, 0.29) is 23.4 Å². The molecule has 5 atom stereocenters. The zero-order chi connectivity index (χ0) is 25.4. The minimum Gasteiger partial charge on any atom is -0.451 e. The summed E-state index contributed by atoms with van der Waals surface area (Å²) in [4.78, 5) is 13.0. The van der Waals surface area contributed by atoms with Crippen molar-refractivity contribution >= 4 is 5.97 Å². The van der Waals surface area contributed by atoms with E-state index in [1.807, 2.05) is 0 Å². The molecule has 190 valence electrons. The normalized spacial score (nSPS) is 27.9. The van der Waals surface area contributed by atoms with Crippen LogP contribution in [0.3, 0.4) is 0 Å². The van der Waals surface area contributed by atoms with E-state index in [1.165, 1.54) is 6.20 Å². The molecule has 2 fully saturated rings. The van der Waals surface area contributed by atoms with E-state index in [2.05, 4.69) is 10.3 Å². The van der Waals surface area contributed by atoms with Crippen LogP contribution in [0.5, 0.6) is 0 Å². The van der Waals surface area contributed by atoms with Crippen LogP contribution in [0, 0.1) is 17.5 Å². The number of hydrogen-bond donors (Lipinski definition) is 2. The van der Waals surface area contributed by atoms with Crippen LogP contribution in [0.4, 0.5) is 13.2 Å². The van der Waals surface area contributed by atoms with Gasteiger partial charge in [-0.25, -0.2) is 22.6 Å². The maximum atomic E-state index is 13.8. The third-order valence-electron chi connectivity index (χ3n) is 6.36. The van der Waals surface area contributed by atoms with E-state index in [0.717, 1.165) is 16.8 Å². The van der Waals surface area contributed by atoms with E-state index in [1.54, 1.807) is 30.3 Å². The number of carbonyl (C=O) groups excluding carboxylic acids is 1. The van der Waals surface area contributed by atoms with Crippen molar-refractivity contribution in [3.05, 3.63) is 71.7 Å². The maximum absolute atomic E-state index is 13.8. The first-order valence-electron chi connectivity index (χ1n) is 11.3. The van der Waals surface area contributed by atoms with Gasteiger partial charge in [0.15, 0.2) is 23.6 Å². The molecule has 2 saturated heterocycles. The number of aromatic nitrogens is 3. The Morgan fingerprint density at radius 3 is 2.56 bits per heavy atom. The topological polar surface area (TPSA) is 116 Å². The van der Waals surface area contributed by atoms with Gasteiger partial charge in [-0.15, -0.1) is 5.10 Å². The van der Waals surface area contributed by atoms with Crippen molar-refractivity contribution in [1.29, 1.82) is 0 Å². The molecule has 5 rings (SSSR count). The molecule has 2 aromatic carbocycles. The monoisotopic (exact) mass is 505 g/mol. The Hall–Kier alpha value is -3.32. The Morgan fingerprint density at radius 2 is 1.92 bits per heavy atom. The van der Waals surface area contributed by atoms with Gasteiger partial charge < -0.3 is 24.4 Å². The molecule has 3 aromatic rings. The first-order chi connectivity index (χ1) is 17.3. The molecule has 0 amide bonds. The summed E-state index contributed by atoms with van der Waals surface area (Å²) < 4.78 is 59.8. The summed E-state index contributed by atoms with van der Waals surface area (Å²) in [5.74, 6) is -6.62. The second-order valence-corrected chi connectivity index (χ2v) is 8.61. The molecular weight excluding hydrogens is 483 g/mol. The van der Waals surface area contributed by atoms with E-state index in [9.17, 15) is 28.2 Å². The Bertz CT molecular complexity index is 1230. The molecule has 9 nitrogen and oxygen atoms in total. The van der Waals surface area contributed by atoms with E-state index in [0.29, 0.717) is 12.8 Å². The highest BCUT2D eigenvalue weighted by molar-refractivity contribution is 5.89. The largest absolute Gasteiger partial charge is 0.451 e. The molecule has 0 bridgehead atoms. The van der Waals surface area contributed by atoms with Gasteiger partial charge in [0.25, 0.3) is 0 Å². The summed E-state index contributed by atoms with van der Waals surface area (Å²) in [6.45, 7) is -0.283. The molecule has 1 aromatic heterocycles. The minimum absolute atomic E-state index is 0.0263. The van der Waals surface area contributed by atoms with Crippen molar-refractivity contribution in [1.82, 2.24) is 15.0 Å². The van der Waals surface area contributed by atoms with Crippen molar-refractivity contribution in [3.63, 3.8) is 0 Å². The fourth-order valence-corrected chi connectivity index (χ4v) is 4.62. The number of aliphatic hydroxyl groups excluding tert-OH is 2. The number of nitrogens with zero attached hydrogens (tertiary/aromatic N) is 3. The van der Waals surface area contributed by atoms with Gasteiger partial charge in [-0.05, 0) is 30.7 Å². The summed E-state index contributed by atoms with van der Waals surface area (Å²) in [5, 5.41) is 28.9. The molecule has 2 aliphatic rings. The molecule has 0 radical (unpaired) electrons. The fraction of sp³-hybridized carbons (Fsp3) is 0.375. The zero-order valence-electron chi connectivity index (χ0n) is 18.8. The van der Waals surface area contributed by atoms with Gasteiger partial charge in [0.2, 0.25) is 5.79 Å². The standard InChI is InChI=1S/C24H22F3N3O6/c25-15-9-14(10-16(26)19(15)27)17-11-30(29-28-17)20-21(32)18(12-31)36-24(7-4-8-34-24)22(20)35-23(33)13-5-2-1-3-6-13/h1-3,5-6,9-11,18,20-22,31-32H,4,7-8,12H2/t18-,20+,21+,22-,24+/m1/s1. The van der Waals surface area contributed by atoms with Crippen LogP contribution in [0.15, 0.2) is 48.7 Å². The van der Waals surface area contributed by atoms with E-state index >= 15 is 0 Å². The number of rotatable bonds is 5. The molecule has 2 aliphatic heterocycles. The van der Waals surface area contributed by atoms with Crippen molar-refractivity contribution in [2.24, 2.45) is 0 Å². The number of benzene rings is 2. The number of esters is 1. The Morgan fingerprint density at radius 1 is 1.19 bits per heavy atom. The van der Waals surface area contributed by atoms with Crippen LogP contribution in [0.2, 0.25) is 0 Å². The maximum Gasteiger partial charge on any atom is 0.338 e. The number of hydrogen-bond acceptors (Lipinski definition) is 8. The molecule has 1 spiro atoms. The molecule has 0 unspecified atom stereocenters. The summed E-state index contributed by atoms with van der Waals surface area (Å²) in [6.07, 6.45) is -1.65. The fourth-order valence-electron chi connectivity index (χ4n) is 4.62. The highest BCUT2D eigenvalue weighted by atomic mass is 19.2. The molecular formula is C24H22F3N3O6. The van der Waals surface area contributed by atoms with Gasteiger partial charge in [-0.1, -0.05) is 23.4 Å². The van der Waals surface area contributed by atoms with Crippen molar-refractivity contribution in [2.75, 3.05) is 13.2 Å². The smallest absolute Gasteiger partial charge is 0.338 e. The van der Waals surface area contributed by atoms with Gasteiger partial charge in [0.05, 0.1) is 25.0 Å². The van der Waals surface area contributed by atoms with Gasteiger partial charge in [-0.3, -0.25) is 0 Å². The number of halogens is 3. The van der Waals surface area contributed by atoms with Gasteiger partial charge in [0, 0.05) is 12.0 Å². The van der Waals surface area contributed by atoms with Crippen molar-refractivity contribution in [3.8, 4) is 11.3 Å². The zero-order valence-corrected chi connectivity index (χ0v) is 18.8. The lowest BCUT2D eigenvalue weighted by atomic mass is 9.88. The third-order valence-corrected chi connectivity index (χ3v) is 6.36. The first kappa shape index (κ1) is 24.4. The molecule has 2 N–H and O–H groups in total. The average molecular weight is 505 g/mol. The van der Waals surface area contributed by atoms with Gasteiger partial charge in [-0.2, -0.15) is 0 Å². The third kappa shape index (κ3) is 4.26. The molecule has 12 heteroatoms. The van der Waals surface area contributed by atoms with Crippen molar-refractivity contribution < 1.29 is 42.4 Å². The molecule has 0 saturated carbocycles. The predicted octanol–water partition coefficient (Wildman–Crippen LogP) is 2.39. The second kappa shape index (κ2) is 9.62. The Balaban J connectivity index is 1.55. The second-order valence-electron chi connectivity index (χ2n) is 8.61. The Kier molecular flexibility index (Phi) is 6.51. The van der Waals surface area contributed by atoms with Gasteiger partial charge in [0.1, 0.15) is 23.9 Å². The summed E-state index contributed by atoms with van der Waals surface area (Å²) in [7, 11) is 0. The number of carbonyl (C=O) groups is 1. The predicted molar refractivity (Wildman–Crippen MR) is 116 cm³/mol. The van der Waals surface area contributed by atoms with E-state index in [4.69, 9.17) is 14.2 Å².